The van der Waals surface area contributed by atoms with E-state index in [1.807, 2.05) is 0 Å². The molecule has 0 aromatic heterocycles. The maximum absolute atomic E-state index is 12.0. The minimum absolute atomic E-state index is 0. The molecule has 2 unspecified atom stereocenters. The van der Waals surface area contributed by atoms with Crippen molar-refractivity contribution in [2.24, 2.45) is 5.92 Å². The molecular formula is C15H21Cl3N2O2. The molecule has 2 atom stereocenters. The van der Waals surface area contributed by atoms with Crippen molar-refractivity contribution in [2.75, 3.05) is 19.6 Å². The Morgan fingerprint density at radius 1 is 1.50 bits per heavy atom. The fraction of sp³-hybridized carbons (Fsp3) is 0.533. The molecule has 1 aliphatic heterocycles. The van der Waals surface area contributed by atoms with Gasteiger partial charge in [-0.1, -0.05) is 23.2 Å². The number of carbonyl (C=O) groups is 1. The molecule has 2 rings (SSSR count). The van der Waals surface area contributed by atoms with Crippen LogP contribution in [0, 0.1) is 5.92 Å². The summed E-state index contributed by atoms with van der Waals surface area (Å²) in [5, 5.41) is 7.15. The van der Waals surface area contributed by atoms with Crippen molar-refractivity contribution < 1.29 is 9.53 Å². The molecule has 1 aliphatic rings. The Morgan fingerprint density at radius 3 is 2.91 bits per heavy atom. The second kappa shape index (κ2) is 9.46. The highest BCUT2D eigenvalue weighted by molar-refractivity contribution is 6.35. The van der Waals surface area contributed by atoms with Gasteiger partial charge in [0.1, 0.15) is 5.75 Å². The van der Waals surface area contributed by atoms with Crippen molar-refractivity contribution >= 4 is 41.5 Å². The normalized spacial score (nSPS) is 18.4. The molecule has 0 radical (unpaired) electrons. The van der Waals surface area contributed by atoms with Crippen molar-refractivity contribution in [3.05, 3.63) is 28.2 Å². The number of amides is 1. The van der Waals surface area contributed by atoms with E-state index >= 15 is 0 Å². The number of nitrogens with one attached hydrogen (secondary N) is 2. The van der Waals surface area contributed by atoms with Crippen LogP contribution in [0.4, 0.5) is 0 Å². The lowest BCUT2D eigenvalue weighted by atomic mass is 10.1. The number of rotatable bonds is 6. The Hall–Kier alpha value is -0.680. The van der Waals surface area contributed by atoms with E-state index in [4.69, 9.17) is 27.9 Å². The molecule has 0 spiro atoms. The number of halogens is 3. The van der Waals surface area contributed by atoms with E-state index in [1.54, 1.807) is 25.1 Å². The molecule has 1 aromatic carbocycles. The van der Waals surface area contributed by atoms with Crippen LogP contribution in [0.25, 0.3) is 0 Å². The van der Waals surface area contributed by atoms with Crippen LogP contribution in [-0.2, 0) is 4.79 Å². The van der Waals surface area contributed by atoms with E-state index < -0.39 is 6.10 Å². The predicted octanol–water partition coefficient (Wildman–Crippen LogP) is 3.30. The summed E-state index contributed by atoms with van der Waals surface area (Å²) in [5.41, 5.74) is 0. The number of hydrogen-bond acceptors (Lipinski definition) is 3. The molecule has 0 bridgehead atoms. The molecule has 1 heterocycles. The summed E-state index contributed by atoms with van der Waals surface area (Å²) in [6.07, 6.45) is 1.58. The lowest BCUT2D eigenvalue weighted by Crippen LogP contribution is -2.37. The molecule has 1 aromatic rings. The summed E-state index contributed by atoms with van der Waals surface area (Å²) in [6, 6.07) is 4.94. The van der Waals surface area contributed by atoms with Crippen LogP contribution >= 0.6 is 35.6 Å². The SMILES string of the molecule is CC(Oc1ccc(Cl)cc1Cl)C(=O)NCCC1CCNC1.Cl. The summed E-state index contributed by atoms with van der Waals surface area (Å²) >= 11 is 11.8. The van der Waals surface area contributed by atoms with Crippen LogP contribution in [0.5, 0.6) is 5.75 Å². The van der Waals surface area contributed by atoms with E-state index in [2.05, 4.69) is 10.6 Å². The molecule has 124 valence electrons. The van der Waals surface area contributed by atoms with Gasteiger partial charge >= 0.3 is 0 Å². The van der Waals surface area contributed by atoms with Gasteiger partial charge in [0, 0.05) is 11.6 Å². The summed E-state index contributed by atoms with van der Waals surface area (Å²) in [5.74, 6) is 0.989. The first-order chi connectivity index (χ1) is 10.1. The fourth-order valence-corrected chi connectivity index (χ4v) is 2.77. The fourth-order valence-electron chi connectivity index (χ4n) is 2.32. The second-order valence-corrected chi connectivity index (χ2v) is 6.12. The maximum Gasteiger partial charge on any atom is 0.260 e. The highest BCUT2D eigenvalue weighted by atomic mass is 35.5. The smallest absolute Gasteiger partial charge is 0.260 e. The van der Waals surface area contributed by atoms with Gasteiger partial charge < -0.3 is 15.4 Å². The average molecular weight is 368 g/mol. The van der Waals surface area contributed by atoms with E-state index in [0.717, 1.165) is 19.5 Å². The zero-order valence-electron chi connectivity index (χ0n) is 12.4. The number of benzene rings is 1. The number of ether oxygens (including phenoxy) is 1. The van der Waals surface area contributed by atoms with Crippen LogP contribution < -0.4 is 15.4 Å². The van der Waals surface area contributed by atoms with Gasteiger partial charge in [-0.15, -0.1) is 12.4 Å². The quantitative estimate of drug-likeness (QED) is 0.811. The Bertz CT molecular complexity index is 494. The third-order valence-electron chi connectivity index (χ3n) is 3.58. The predicted molar refractivity (Wildman–Crippen MR) is 92.4 cm³/mol. The molecule has 22 heavy (non-hydrogen) atoms. The van der Waals surface area contributed by atoms with E-state index in [0.29, 0.717) is 28.3 Å². The highest BCUT2D eigenvalue weighted by Gasteiger charge is 2.18. The topological polar surface area (TPSA) is 50.4 Å². The molecule has 1 amide bonds. The first-order valence-electron chi connectivity index (χ1n) is 7.16. The molecule has 0 saturated carbocycles. The van der Waals surface area contributed by atoms with Crippen LogP contribution in [0.1, 0.15) is 19.8 Å². The number of carbonyl (C=O) groups excluding carboxylic acids is 1. The van der Waals surface area contributed by atoms with Crippen molar-refractivity contribution in [3.63, 3.8) is 0 Å². The molecule has 1 saturated heterocycles. The monoisotopic (exact) mass is 366 g/mol. The van der Waals surface area contributed by atoms with Crippen LogP contribution in [-0.4, -0.2) is 31.6 Å². The summed E-state index contributed by atoms with van der Waals surface area (Å²) in [7, 11) is 0. The Balaban J connectivity index is 0.00000242. The highest BCUT2D eigenvalue weighted by Crippen LogP contribution is 2.28. The van der Waals surface area contributed by atoms with Gasteiger partial charge in [-0.25, -0.2) is 0 Å². The first kappa shape index (κ1) is 19.4. The van der Waals surface area contributed by atoms with Gasteiger partial charge in [0.25, 0.3) is 5.91 Å². The molecular weight excluding hydrogens is 347 g/mol. The summed E-state index contributed by atoms with van der Waals surface area (Å²) < 4.78 is 5.57. The van der Waals surface area contributed by atoms with Gasteiger partial charge in [0.05, 0.1) is 5.02 Å². The summed E-state index contributed by atoms with van der Waals surface area (Å²) in [6.45, 7) is 4.50. The maximum atomic E-state index is 12.0. The minimum atomic E-state index is -0.592. The average Bonchev–Trinajstić information content (AvgIpc) is 2.95. The molecule has 0 aliphatic carbocycles. The second-order valence-electron chi connectivity index (χ2n) is 5.27. The lowest BCUT2D eigenvalue weighted by Gasteiger charge is -2.16. The zero-order chi connectivity index (χ0) is 15.2. The van der Waals surface area contributed by atoms with Gasteiger partial charge in [0.2, 0.25) is 0 Å². The molecule has 1 fully saturated rings. The lowest BCUT2D eigenvalue weighted by molar-refractivity contribution is -0.127. The van der Waals surface area contributed by atoms with Crippen LogP contribution in [0.2, 0.25) is 10.0 Å². The third kappa shape index (κ3) is 5.84. The zero-order valence-corrected chi connectivity index (χ0v) is 14.7. The van der Waals surface area contributed by atoms with Crippen molar-refractivity contribution in [3.8, 4) is 5.75 Å². The molecule has 2 N–H and O–H groups in total. The van der Waals surface area contributed by atoms with E-state index in [1.165, 1.54) is 6.42 Å². The van der Waals surface area contributed by atoms with Gasteiger partial charge in [-0.3, -0.25) is 4.79 Å². The van der Waals surface area contributed by atoms with Gasteiger partial charge in [0.15, 0.2) is 6.10 Å². The van der Waals surface area contributed by atoms with Crippen LogP contribution in [0.15, 0.2) is 18.2 Å². The third-order valence-corrected chi connectivity index (χ3v) is 4.11. The standard InChI is InChI=1S/C15H20Cl2N2O2.ClH/c1-10(21-14-3-2-12(16)8-13(14)17)15(20)19-7-5-11-4-6-18-9-11;/h2-3,8,10-11,18H,4-7,9H2,1H3,(H,19,20);1H. The first-order valence-corrected chi connectivity index (χ1v) is 7.92. The largest absolute Gasteiger partial charge is 0.479 e. The summed E-state index contributed by atoms with van der Waals surface area (Å²) in [4.78, 5) is 12.0. The van der Waals surface area contributed by atoms with Gasteiger partial charge in [-0.2, -0.15) is 0 Å². The Kier molecular flexibility index (Phi) is 8.33. The van der Waals surface area contributed by atoms with Crippen molar-refractivity contribution in [1.82, 2.24) is 10.6 Å². The van der Waals surface area contributed by atoms with Crippen molar-refractivity contribution in [1.29, 1.82) is 0 Å². The van der Waals surface area contributed by atoms with Crippen LogP contribution in [0.3, 0.4) is 0 Å². The minimum Gasteiger partial charge on any atom is -0.479 e. The van der Waals surface area contributed by atoms with Crippen molar-refractivity contribution in [2.45, 2.75) is 25.9 Å². The van der Waals surface area contributed by atoms with E-state index in [-0.39, 0.29) is 18.3 Å². The van der Waals surface area contributed by atoms with Gasteiger partial charge in [-0.05, 0) is 57.0 Å². The number of hydrogen-bond donors (Lipinski definition) is 2. The Morgan fingerprint density at radius 2 is 2.27 bits per heavy atom. The molecule has 4 nitrogen and oxygen atoms in total. The molecule has 7 heteroatoms. The Labute approximate surface area is 147 Å². The van der Waals surface area contributed by atoms with E-state index in [9.17, 15) is 4.79 Å².